The van der Waals surface area contributed by atoms with E-state index < -0.39 is 32.5 Å². The molecule has 0 bridgehead atoms. The molecule has 0 heterocycles. The van der Waals surface area contributed by atoms with Crippen LogP contribution >= 0.6 is 7.82 Å². The summed E-state index contributed by atoms with van der Waals surface area (Å²) >= 11 is 0. The molecule has 50 heavy (non-hydrogen) atoms. The van der Waals surface area contributed by atoms with Gasteiger partial charge in [-0.15, -0.1) is 0 Å². The van der Waals surface area contributed by atoms with Gasteiger partial charge >= 0.3 is 19.8 Å². The zero-order valence-corrected chi connectivity index (χ0v) is 32.5. The lowest BCUT2D eigenvalue weighted by molar-refractivity contribution is -0.161. The average molecular weight is 727 g/mol. The van der Waals surface area contributed by atoms with Crippen LogP contribution in [-0.4, -0.2) is 52.3 Å². The molecule has 9 nitrogen and oxygen atoms in total. The van der Waals surface area contributed by atoms with E-state index in [0.717, 1.165) is 63.7 Å². The Morgan fingerprint density at radius 1 is 0.680 bits per heavy atom. The van der Waals surface area contributed by atoms with Gasteiger partial charge in [-0.2, -0.15) is 0 Å². The van der Waals surface area contributed by atoms with Gasteiger partial charge in [0.1, 0.15) is 6.61 Å². The fourth-order valence-electron chi connectivity index (χ4n) is 5.16. The Kier molecular flexibility index (Phi) is 32.7. The molecule has 0 aromatic heterocycles. The maximum absolute atomic E-state index is 12.4. The summed E-state index contributed by atoms with van der Waals surface area (Å²) in [6, 6.07) is 0. The van der Waals surface area contributed by atoms with Crippen molar-refractivity contribution >= 4 is 19.8 Å². The molecule has 3 N–H and O–H groups in total. The van der Waals surface area contributed by atoms with Crippen LogP contribution in [0.1, 0.15) is 162 Å². The minimum Gasteiger partial charge on any atom is -0.462 e. The summed E-state index contributed by atoms with van der Waals surface area (Å²) < 4.78 is 26.3. The number of allylic oxidation sites excluding steroid dienone is 7. The van der Waals surface area contributed by atoms with Crippen molar-refractivity contribution in [3.63, 3.8) is 0 Å². The number of esters is 2. The Hall–Kier alpha value is -2.03. The lowest BCUT2D eigenvalue weighted by Crippen LogP contribution is -2.29. The molecular formula is C40H71O9P. The van der Waals surface area contributed by atoms with Gasteiger partial charge in [-0.1, -0.05) is 159 Å². The summed E-state index contributed by atoms with van der Waals surface area (Å²) in [5.74, 6) is -0.138. The number of phosphoric ester groups is 1. The molecule has 3 atom stereocenters. The lowest BCUT2D eigenvalue weighted by atomic mass is 9.99. The van der Waals surface area contributed by atoms with Crippen molar-refractivity contribution in [2.24, 2.45) is 5.92 Å². The quantitative estimate of drug-likeness (QED) is 0.0194. The Labute approximate surface area is 304 Å². The first-order valence-corrected chi connectivity index (χ1v) is 21.0. The summed E-state index contributed by atoms with van der Waals surface area (Å²) in [5.41, 5.74) is 0. The number of carbonyl (C=O) groups excluding carboxylic acids is 2. The first-order valence-electron chi connectivity index (χ1n) is 19.4. The van der Waals surface area contributed by atoms with E-state index in [2.05, 4.69) is 37.4 Å². The summed E-state index contributed by atoms with van der Waals surface area (Å²) in [6.07, 6.45) is 35.9. The standard InChI is InChI=1S/C40H71O9P/c1-4-6-24-30-37(41)31-26-21-17-13-8-7-9-14-18-22-27-32-39(42)47-34-38(35-48-50(44,45)46)49-40(43)33-28-23-19-15-11-10-12-16-20-25-29-36(3)5-2/h7-8,14,17-18,21,26,31,36-38,41H,4-6,9-13,15-16,19-20,22-25,27-30,32-35H2,1-3H3,(H2,44,45,46)/b8-7-,18-14-,21-17-,31-26+/t36?,37-,38-/m1/s1. The van der Waals surface area contributed by atoms with Crippen LogP contribution in [0.2, 0.25) is 0 Å². The van der Waals surface area contributed by atoms with Crippen molar-refractivity contribution < 1.29 is 43.0 Å². The molecule has 0 aliphatic carbocycles. The molecule has 0 radical (unpaired) electrons. The monoisotopic (exact) mass is 726 g/mol. The van der Waals surface area contributed by atoms with Crippen LogP contribution in [-0.2, 0) is 28.2 Å². The molecule has 0 saturated heterocycles. The third-order valence-corrected chi connectivity index (χ3v) is 8.98. The third kappa shape index (κ3) is 35.8. The Balaban J connectivity index is 4.11. The lowest BCUT2D eigenvalue weighted by Gasteiger charge is -2.18. The largest absolute Gasteiger partial charge is 0.469 e. The van der Waals surface area contributed by atoms with E-state index in [9.17, 15) is 19.3 Å². The first-order chi connectivity index (χ1) is 24.1. The number of carbonyl (C=O) groups is 2. The fourth-order valence-corrected chi connectivity index (χ4v) is 5.52. The summed E-state index contributed by atoms with van der Waals surface area (Å²) in [4.78, 5) is 42.7. The number of ether oxygens (including phenoxy) is 2. The summed E-state index contributed by atoms with van der Waals surface area (Å²) in [5, 5.41) is 9.86. The van der Waals surface area contributed by atoms with Crippen LogP contribution in [0.15, 0.2) is 48.6 Å². The molecule has 0 amide bonds. The first kappa shape index (κ1) is 48.0. The number of aliphatic hydroxyl groups is 1. The molecule has 0 rings (SSSR count). The summed E-state index contributed by atoms with van der Waals surface area (Å²) in [6.45, 7) is 5.84. The number of phosphoric acid groups is 1. The minimum absolute atomic E-state index is 0.171. The van der Waals surface area contributed by atoms with Gasteiger partial charge in [0.2, 0.25) is 0 Å². The van der Waals surface area contributed by atoms with Crippen LogP contribution in [0.25, 0.3) is 0 Å². The minimum atomic E-state index is -4.77. The molecule has 0 aliphatic rings. The van der Waals surface area contributed by atoms with Crippen LogP contribution in [0.4, 0.5) is 0 Å². The highest BCUT2D eigenvalue weighted by atomic mass is 31.2. The van der Waals surface area contributed by atoms with Gasteiger partial charge in [0, 0.05) is 12.8 Å². The molecule has 1 unspecified atom stereocenters. The molecule has 0 aliphatic heterocycles. The van der Waals surface area contributed by atoms with Crippen LogP contribution in [0.5, 0.6) is 0 Å². The maximum atomic E-state index is 12.4. The molecular weight excluding hydrogens is 655 g/mol. The van der Waals surface area contributed by atoms with Gasteiger partial charge in [0.25, 0.3) is 0 Å². The Morgan fingerprint density at radius 2 is 1.26 bits per heavy atom. The van der Waals surface area contributed by atoms with E-state index in [1.807, 2.05) is 36.5 Å². The molecule has 10 heteroatoms. The van der Waals surface area contributed by atoms with Crippen molar-refractivity contribution in [2.75, 3.05) is 13.2 Å². The number of aliphatic hydroxyl groups excluding tert-OH is 1. The SMILES string of the molecule is CCCCC[C@@H](O)/C=C/C=C\C/C=C\C/C=C\CCCC(=O)OC[C@H](COP(=O)(O)O)OC(=O)CCCCCCCCCCCCC(C)CC. The van der Waals surface area contributed by atoms with Crippen molar-refractivity contribution in [3.05, 3.63) is 48.6 Å². The van der Waals surface area contributed by atoms with Crippen LogP contribution in [0, 0.1) is 5.92 Å². The van der Waals surface area contributed by atoms with Crippen LogP contribution in [0.3, 0.4) is 0 Å². The zero-order valence-electron chi connectivity index (χ0n) is 31.6. The molecule has 0 aromatic rings. The molecule has 0 fully saturated rings. The highest BCUT2D eigenvalue weighted by molar-refractivity contribution is 7.46. The van der Waals surface area contributed by atoms with Crippen LogP contribution < -0.4 is 0 Å². The smallest absolute Gasteiger partial charge is 0.462 e. The predicted molar refractivity (Wildman–Crippen MR) is 203 cm³/mol. The molecule has 290 valence electrons. The predicted octanol–water partition coefficient (Wildman–Crippen LogP) is 10.4. The van der Waals surface area contributed by atoms with Gasteiger partial charge in [0.15, 0.2) is 6.10 Å². The highest BCUT2D eigenvalue weighted by Crippen LogP contribution is 2.36. The fraction of sp³-hybridized carbons (Fsp3) is 0.750. The average Bonchev–Trinajstić information content (AvgIpc) is 3.08. The second-order valence-electron chi connectivity index (χ2n) is 13.4. The van der Waals surface area contributed by atoms with Gasteiger partial charge < -0.3 is 24.4 Å². The topological polar surface area (TPSA) is 140 Å². The van der Waals surface area contributed by atoms with Gasteiger partial charge in [-0.05, 0) is 44.4 Å². The highest BCUT2D eigenvalue weighted by Gasteiger charge is 2.22. The van der Waals surface area contributed by atoms with Gasteiger partial charge in [-0.3, -0.25) is 14.1 Å². The van der Waals surface area contributed by atoms with Gasteiger partial charge in [0.05, 0.1) is 12.7 Å². The Bertz CT molecular complexity index is 985. The molecule has 0 spiro atoms. The normalized spacial score (nSPS) is 14.3. The third-order valence-electron chi connectivity index (χ3n) is 8.49. The summed E-state index contributed by atoms with van der Waals surface area (Å²) in [7, 11) is -4.77. The van der Waals surface area contributed by atoms with E-state index in [4.69, 9.17) is 19.3 Å². The van der Waals surface area contributed by atoms with Crippen molar-refractivity contribution in [1.82, 2.24) is 0 Å². The van der Waals surface area contributed by atoms with E-state index in [0.29, 0.717) is 19.3 Å². The van der Waals surface area contributed by atoms with Gasteiger partial charge in [-0.25, -0.2) is 4.57 Å². The molecule has 0 aromatic carbocycles. The zero-order chi connectivity index (χ0) is 37.1. The van der Waals surface area contributed by atoms with E-state index in [1.165, 1.54) is 51.4 Å². The number of unbranched alkanes of at least 4 members (excludes halogenated alkanes) is 12. The van der Waals surface area contributed by atoms with E-state index >= 15 is 0 Å². The van der Waals surface area contributed by atoms with Crippen molar-refractivity contribution in [3.8, 4) is 0 Å². The number of hydrogen-bond acceptors (Lipinski definition) is 7. The maximum Gasteiger partial charge on any atom is 0.469 e. The van der Waals surface area contributed by atoms with E-state index in [-0.39, 0.29) is 25.6 Å². The van der Waals surface area contributed by atoms with Crippen molar-refractivity contribution in [1.29, 1.82) is 0 Å². The second-order valence-corrected chi connectivity index (χ2v) is 14.6. The Morgan fingerprint density at radius 3 is 1.90 bits per heavy atom. The van der Waals surface area contributed by atoms with Crippen molar-refractivity contribution in [2.45, 2.75) is 174 Å². The molecule has 0 saturated carbocycles. The van der Waals surface area contributed by atoms with E-state index in [1.54, 1.807) is 0 Å². The number of hydrogen-bond donors (Lipinski definition) is 3. The second kappa shape index (κ2) is 34.1. The number of rotatable bonds is 34.